The number of fused-ring (bicyclic) bond motifs is 1. The van der Waals surface area contributed by atoms with Crippen molar-refractivity contribution in [3.63, 3.8) is 0 Å². The van der Waals surface area contributed by atoms with Gasteiger partial charge in [0.2, 0.25) is 11.7 Å². The summed E-state index contributed by atoms with van der Waals surface area (Å²) in [6.07, 6.45) is 0.995. The standard InChI is InChI=1S/C24H29N7O5/c1-15(14-32)31-23(27-28-29-31)19-5-4-6-21(25-19)26-24(34)18-11-17-13-30(22(33)8-10-35-2)9-7-16(17)12-20(18)36-3/h4-6,11-12,15,32H,7-10,13-14H2,1-3H3,(H,25,26,34)/t15-/m1/s1. The van der Waals surface area contributed by atoms with E-state index >= 15 is 0 Å². The Hall–Kier alpha value is -3.90. The van der Waals surface area contributed by atoms with Crippen molar-refractivity contribution in [3.05, 3.63) is 47.0 Å². The average Bonchev–Trinajstić information content (AvgIpc) is 3.40. The molecule has 190 valence electrons. The molecular formula is C24H29N7O5. The van der Waals surface area contributed by atoms with Crippen LogP contribution in [-0.4, -0.2) is 81.0 Å². The van der Waals surface area contributed by atoms with Crippen LogP contribution in [0.4, 0.5) is 5.82 Å². The summed E-state index contributed by atoms with van der Waals surface area (Å²) in [6.45, 7) is 3.04. The molecular weight excluding hydrogens is 466 g/mol. The van der Waals surface area contributed by atoms with Crippen molar-refractivity contribution >= 4 is 17.6 Å². The van der Waals surface area contributed by atoms with Crippen molar-refractivity contribution in [2.45, 2.75) is 32.4 Å². The zero-order chi connectivity index (χ0) is 25.7. The molecule has 0 unspecified atom stereocenters. The number of amides is 2. The van der Waals surface area contributed by atoms with Crippen LogP contribution in [0.15, 0.2) is 30.3 Å². The lowest BCUT2D eigenvalue weighted by atomic mass is 9.96. The lowest BCUT2D eigenvalue weighted by molar-refractivity contribution is -0.133. The second-order valence-corrected chi connectivity index (χ2v) is 8.47. The van der Waals surface area contributed by atoms with Crippen LogP contribution in [0, 0.1) is 0 Å². The number of aliphatic hydroxyl groups is 1. The van der Waals surface area contributed by atoms with Crippen molar-refractivity contribution in [3.8, 4) is 17.3 Å². The monoisotopic (exact) mass is 495 g/mol. The molecule has 1 aliphatic rings. The van der Waals surface area contributed by atoms with Gasteiger partial charge in [-0.15, -0.1) is 5.10 Å². The number of benzene rings is 1. The van der Waals surface area contributed by atoms with Crippen LogP contribution in [0.5, 0.6) is 5.75 Å². The van der Waals surface area contributed by atoms with Gasteiger partial charge in [0.1, 0.15) is 17.3 Å². The second kappa shape index (κ2) is 11.2. The highest BCUT2D eigenvalue weighted by Crippen LogP contribution is 2.29. The van der Waals surface area contributed by atoms with Gasteiger partial charge < -0.3 is 24.8 Å². The molecule has 0 saturated heterocycles. The summed E-state index contributed by atoms with van der Waals surface area (Å²) in [6, 6.07) is 8.40. The first-order chi connectivity index (χ1) is 17.4. The summed E-state index contributed by atoms with van der Waals surface area (Å²) < 4.78 is 12.0. The van der Waals surface area contributed by atoms with E-state index in [0.717, 1.165) is 11.1 Å². The highest BCUT2D eigenvalue weighted by molar-refractivity contribution is 6.06. The smallest absolute Gasteiger partial charge is 0.260 e. The Bertz CT molecular complexity index is 1250. The van der Waals surface area contributed by atoms with Crippen LogP contribution < -0.4 is 10.1 Å². The van der Waals surface area contributed by atoms with Gasteiger partial charge in [-0.05, 0) is 59.2 Å². The number of hydrogen-bond donors (Lipinski definition) is 2. The minimum Gasteiger partial charge on any atom is -0.496 e. The number of aromatic nitrogens is 5. The van der Waals surface area contributed by atoms with Crippen LogP contribution in [0.3, 0.4) is 0 Å². The fraction of sp³-hybridized carbons (Fsp3) is 0.417. The molecule has 36 heavy (non-hydrogen) atoms. The van der Waals surface area contributed by atoms with E-state index in [2.05, 4.69) is 25.8 Å². The summed E-state index contributed by atoms with van der Waals surface area (Å²) in [5.41, 5.74) is 2.73. The first-order valence-electron chi connectivity index (χ1n) is 11.6. The van der Waals surface area contributed by atoms with Crippen molar-refractivity contribution < 1.29 is 24.2 Å². The van der Waals surface area contributed by atoms with Gasteiger partial charge in [0.25, 0.3) is 5.91 Å². The molecule has 12 nitrogen and oxygen atoms in total. The van der Waals surface area contributed by atoms with E-state index in [-0.39, 0.29) is 18.6 Å². The number of tetrazole rings is 1. The van der Waals surface area contributed by atoms with E-state index in [1.54, 1.807) is 43.2 Å². The maximum Gasteiger partial charge on any atom is 0.260 e. The summed E-state index contributed by atoms with van der Waals surface area (Å²) in [7, 11) is 3.08. The third kappa shape index (κ3) is 5.34. The highest BCUT2D eigenvalue weighted by Gasteiger charge is 2.24. The molecule has 12 heteroatoms. The Morgan fingerprint density at radius 2 is 2.06 bits per heavy atom. The average molecular weight is 496 g/mol. The zero-order valence-corrected chi connectivity index (χ0v) is 20.5. The van der Waals surface area contributed by atoms with Crippen molar-refractivity contribution in [2.75, 3.05) is 39.3 Å². The van der Waals surface area contributed by atoms with Gasteiger partial charge in [-0.1, -0.05) is 6.07 Å². The summed E-state index contributed by atoms with van der Waals surface area (Å²) >= 11 is 0. The van der Waals surface area contributed by atoms with Crippen LogP contribution >= 0.6 is 0 Å². The number of carbonyl (C=O) groups excluding carboxylic acids is 2. The maximum atomic E-state index is 13.2. The van der Waals surface area contributed by atoms with Gasteiger partial charge in [-0.3, -0.25) is 9.59 Å². The van der Waals surface area contributed by atoms with Gasteiger partial charge in [0.05, 0.1) is 38.3 Å². The van der Waals surface area contributed by atoms with Crippen LogP contribution in [0.1, 0.15) is 40.9 Å². The molecule has 2 aromatic heterocycles. The number of nitrogens with one attached hydrogen (secondary N) is 1. The Kier molecular flexibility index (Phi) is 7.86. The van der Waals surface area contributed by atoms with Gasteiger partial charge in [0, 0.05) is 20.2 Å². The predicted octanol–water partition coefficient (Wildman–Crippen LogP) is 1.47. The number of aliphatic hydroxyl groups excluding tert-OH is 1. The number of carbonyl (C=O) groups is 2. The molecule has 2 N–H and O–H groups in total. The third-order valence-corrected chi connectivity index (χ3v) is 6.05. The molecule has 0 fully saturated rings. The van der Waals surface area contributed by atoms with Crippen LogP contribution in [0.2, 0.25) is 0 Å². The molecule has 4 rings (SSSR count). The van der Waals surface area contributed by atoms with Crippen molar-refractivity contribution in [2.24, 2.45) is 0 Å². The van der Waals surface area contributed by atoms with Gasteiger partial charge in [-0.2, -0.15) is 0 Å². The molecule has 1 atom stereocenters. The fourth-order valence-corrected chi connectivity index (χ4v) is 4.04. The number of ether oxygens (including phenoxy) is 2. The van der Waals surface area contributed by atoms with Gasteiger partial charge >= 0.3 is 0 Å². The largest absolute Gasteiger partial charge is 0.496 e. The first kappa shape index (κ1) is 25.2. The van der Waals surface area contributed by atoms with Crippen molar-refractivity contribution in [1.29, 1.82) is 0 Å². The molecule has 1 aromatic carbocycles. The number of hydrogen-bond acceptors (Lipinski definition) is 9. The molecule has 0 bridgehead atoms. The Morgan fingerprint density at radius 3 is 2.81 bits per heavy atom. The third-order valence-electron chi connectivity index (χ3n) is 6.05. The SMILES string of the molecule is COCCC(=O)N1CCc2cc(OC)c(C(=O)Nc3cccc(-c4nnnn4[C@H](C)CO)n3)cc2C1. The van der Waals surface area contributed by atoms with E-state index in [1.165, 1.54) is 11.8 Å². The Labute approximate surface area is 208 Å². The van der Waals surface area contributed by atoms with Gasteiger partial charge in [0.15, 0.2) is 0 Å². The molecule has 3 heterocycles. The Morgan fingerprint density at radius 1 is 1.22 bits per heavy atom. The van der Waals surface area contributed by atoms with E-state index in [9.17, 15) is 14.7 Å². The topological polar surface area (TPSA) is 145 Å². The van der Waals surface area contributed by atoms with Crippen molar-refractivity contribution in [1.82, 2.24) is 30.1 Å². The normalized spacial score (nSPS) is 13.7. The second-order valence-electron chi connectivity index (χ2n) is 8.47. The zero-order valence-electron chi connectivity index (χ0n) is 20.5. The van der Waals surface area contributed by atoms with E-state index < -0.39 is 5.91 Å². The van der Waals surface area contributed by atoms with Crippen LogP contribution in [-0.2, 0) is 22.5 Å². The predicted molar refractivity (Wildman–Crippen MR) is 129 cm³/mol. The highest BCUT2D eigenvalue weighted by atomic mass is 16.5. The van der Waals surface area contributed by atoms with E-state index in [1.807, 2.05) is 6.07 Å². The molecule has 0 saturated carbocycles. The molecule has 1 aliphatic heterocycles. The number of rotatable bonds is 9. The fourth-order valence-electron chi connectivity index (χ4n) is 4.04. The Balaban J connectivity index is 1.56. The molecule has 0 spiro atoms. The summed E-state index contributed by atoms with van der Waals surface area (Å²) in [5, 5.41) is 23.9. The molecule has 2 amide bonds. The molecule has 0 radical (unpaired) electrons. The number of pyridine rings is 1. The first-order valence-corrected chi connectivity index (χ1v) is 11.6. The van der Waals surface area contributed by atoms with Crippen LogP contribution in [0.25, 0.3) is 11.5 Å². The lowest BCUT2D eigenvalue weighted by Gasteiger charge is -2.29. The number of anilines is 1. The molecule has 0 aliphatic carbocycles. The van der Waals surface area contributed by atoms with Gasteiger partial charge in [-0.25, -0.2) is 9.67 Å². The quantitative estimate of drug-likeness (QED) is 0.451. The number of nitrogens with zero attached hydrogens (tertiary/aromatic N) is 6. The summed E-state index contributed by atoms with van der Waals surface area (Å²) in [5.74, 6) is 0.744. The minimum atomic E-state index is -0.398. The molecule has 3 aromatic rings. The number of methoxy groups -OCH3 is 2. The maximum absolute atomic E-state index is 13.2. The summed E-state index contributed by atoms with van der Waals surface area (Å²) in [4.78, 5) is 32.0. The minimum absolute atomic E-state index is 0.0168. The van der Waals surface area contributed by atoms with E-state index in [0.29, 0.717) is 61.2 Å². The van der Waals surface area contributed by atoms with E-state index in [4.69, 9.17) is 9.47 Å². The lowest BCUT2D eigenvalue weighted by Crippen LogP contribution is -2.36.